The lowest BCUT2D eigenvalue weighted by Crippen LogP contribution is -2.71. The number of nitrogens with one attached hydrogen (secondary N) is 2. The molecule has 0 saturated heterocycles. The Morgan fingerprint density at radius 1 is 0.907 bits per heavy atom. The van der Waals surface area contributed by atoms with Gasteiger partial charge in [0, 0.05) is 24.1 Å². The first kappa shape index (κ1) is 32.2. The number of nitrogens with two attached hydrogens (primary N) is 1. The van der Waals surface area contributed by atoms with Gasteiger partial charge in [-0.25, -0.2) is 8.78 Å². The second-order valence-corrected chi connectivity index (χ2v) is 11.4. The SMILES string of the molecule is NC(CC(=O)OC1CC2(NC(=O)COc3ccc(Cl)c(F)c3)CCC1(NC(=O)COc1ccc(Cl)c(F)c1)CC2)C(=O)O. The molecule has 15 heteroatoms. The van der Waals surface area contributed by atoms with Gasteiger partial charge in [-0.3, -0.25) is 19.2 Å². The smallest absolute Gasteiger partial charge is 0.321 e. The van der Waals surface area contributed by atoms with Crippen molar-refractivity contribution in [3.05, 3.63) is 58.1 Å². The Labute approximate surface area is 254 Å². The lowest BCUT2D eigenvalue weighted by Gasteiger charge is -2.57. The summed E-state index contributed by atoms with van der Waals surface area (Å²) in [5.74, 6) is -4.57. The molecule has 2 aromatic carbocycles. The van der Waals surface area contributed by atoms with Crippen molar-refractivity contribution in [1.82, 2.24) is 10.6 Å². The first-order valence-corrected chi connectivity index (χ1v) is 14.0. The van der Waals surface area contributed by atoms with E-state index in [1.54, 1.807) is 0 Å². The lowest BCUT2D eigenvalue weighted by molar-refractivity contribution is -0.168. The largest absolute Gasteiger partial charge is 0.484 e. The number of ether oxygens (including phenoxy) is 3. The fourth-order valence-electron chi connectivity index (χ4n) is 5.34. The van der Waals surface area contributed by atoms with Crippen LogP contribution in [0, 0.1) is 11.6 Å². The van der Waals surface area contributed by atoms with E-state index in [9.17, 15) is 28.0 Å². The third-order valence-electron chi connectivity index (χ3n) is 7.58. The molecule has 0 radical (unpaired) electrons. The summed E-state index contributed by atoms with van der Waals surface area (Å²) in [6, 6.07) is 6.00. The van der Waals surface area contributed by atoms with Crippen LogP contribution in [0.15, 0.2) is 36.4 Å². The number of rotatable bonds is 12. The molecule has 3 fully saturated rings. The molecule has 2 unspecified atom stereocenters. The zero-order chi connectivity index (χ0) is 31.4. The number of fused-ring (bicyclic) bond motifs is 3. The summed E-state index contributed by atoms with van der Waals surface area (Å²) < 4.78 is 43.9. The third kappa shape index (κ3) is 8.03. The van der Waals surface area contributed by atoms with Crippen molar-refractivity contribution < 1.29 is 47.3 Å². The number of hydrogen-bond donors (Lipinski definition) is 4. The van der Waals surface area contributed by atoms with Crippen molar-refractivity contribution in [3.63, 3.8) is 0 Å². The van der Waals surface area contributed by atoms with Gasteiger partial charge in [0.15, 0.2) is 13.2 Å². The maximum atomic E-state index is 13.7. The molecule has 5 N–H and O–H groups in total. The Morgan fingerprint density at radius 3 is 1.91 bits per heavy atom. The van der Waals surface area contributed by atoms with Crippen LogP contribution in [0.1, 0.15) is 38.5 Å². The summed E-state index contributed by atoms with van der Waals surface area (Å²) >= 11 is 11.3. The number of esters is 1. The topological polar surface area (TPSA) is 166 Å². The van der Waals surface area contributed by atoms with E-state index >= 15 is 0 Å². The second-order valence-electron chi connectivity index (χ2n) is 10.6. The molecule has 2 amide bonds. The Bertz CT molecular complexity index is 1400. The van der Waals surface area contributed by atoms with Crippen LogP contribution in [-0.2, 0) is 23.9 Å². The number of amides is 2. The van der Waals surface area contributed by atoms with Crippen molar-refractivity contribution >= 4 is 47.0 Å². The normalized spacial score (nSPS) is 23.1. The Kier molecular flexibility index (Phi) is 9.98. The number of benzene rings is 2. The zero-order valence-electron chi connectivity index (χ0n) is 22.7. The average molecular weight is 644 g/mol. The van der Waals surface area contributed by atoms with Crippen molar-refractivity contribution in [3.8, 4) is 11.5 Å². The molecular weight excluding hydrogens is 615 g/mol. The minimum atomic E-state index is -1.49. The number of carbonyl (C=O) groups excluding carboxylic acids is 3. The highest BCUT2D eigenvalue weighted by Crippen LogP contribution is 2.48. The van der Waals surface area contributed by atoms with E-state index < -0.39 is 78.2 Å². The molecule has 5 rings (SSSR count). The van der Waals surface area contributed by atoms with E-state index in [1.807, 2.05) is 0 Å². The maximum Gasteiger partial charge on any atom is 0.321 e. The van der Waals surface area contributed by atoms with Crippen molar-refractivity contribution in [2.24, 2.45) is 5.73 Å². The lowest BCUT2D eigenvalue weighted by atomic mass is 9.59. The van der Waals surface area contributed by atoms with Gasteiger partial charge >= 0.3 is 11.9 Å². The van der Waals surface area contributed by atoms with Gasteiger partial charge in [-0.2, -0.15) is 0 Å². The molecule has 11 nitrogen and oxygen atoms in total. The highest BCUT2D eigenvalue weighted by Gasteiger charge is 2.57. The van der Waals surface area contributed by atoms with Crippen LogP contribution in [0.3, 0.4) is 0 Å². The molecular formula is C28H29Cl2F2N3O8. The molecule has 2 aromatic rings. The highest BCUT2D eigenvalue weighted by atomic mass is 35.5. The number of aliphatic carboxylic acids is 1. The summed E-state index contributed by atoms with van der Waals surface area (Å²) in [6.45, 7) is -0.900. The monoisotopic (exact) mass is 643 g/mol. The van der Waals surface area contributed by atoms with Gasteiger partial charge in [0.1, 0.15) is 35.3 Å². The van der Waals surface area contributed by atoms with Gasteiger partial charge in [0.05, 0.1) is 22.0 Å². The van der Waals surface area contributed by atoms with Gasteiger partial charge in [0.2, 0.25) is 0 Å². The standard InChI is InChI=1S/C28H29Cl2F2N3O8/c29-17-3-1-15(9-19(17)31)41-13-23(36)34-27-5-7-28(8-6-27,22(12-27)43-25(38)11-21(33)26(39)40)35-24(37)14-42-16-2-4-18(30)20(32)10-16/h1-4,9-10,21-22H,5-8,11-14,33H2,(H,34,36)(H,35,37)(H,39,40). The fraction of sp³-hybridized carbons (Fsp3) is 0.429. The summed E-state index contributed by atoms with van der Waals surface area (Å²) in [7, 11) is 0. The molecule has 3 aliphatic carbocycles. The Morgan fingerprint density at radius 2 is 1.42 bits per heavy atom. The first-order chi connectivity index (χ1) is 20.3. The Hall–Kier alpha value is -3.68. The Balaban J connectivity index is 1.43. The average Bonchev–Trinajstić information content (AvgIpc) is 2.95. The molecule has 43 heavy (non-hydrogen) atoms. The van der Waals surface area contributed by atoms with E-state index in [4.69, 9.17) is 48.3 Å². The van der Waals surface area contributed by atoms with E-state index in [0.717, 1.165) is 12.1 Å². The molecule has 0 spiro atoms. The molecule has 0 heterocycles. The van der Waals surface area contributed by atoms with Crippen molar-refractivity contribution in [1.29, 1.82) is 0 Å². The number of carboxylic acid groups (broad SMARTS) is 1. The van der Waals surface area contributed by atoms with Gasteiger partial charge in [0.25, 0.3) is 11.8 Å². The quantitative estimate of drug-likeness (QED) is 0.254. The van der Waals surface area contributed by atoms with Crippen molar-refractivity contribution in [2.75, 3.05) is 13.2 Å². The summed E-state index contributed by atoms with van der Waals surface area (Å²) in [4.78, 5) is 49.5. The van der Waals surface area contributed by atoms with Crippen LogP contribution in [-0.4, -0.2) is 65.3 Å². The number of carboxylic acids is 1. The number of halogens is 4. The van der Waals surface area contributed by atoms with Crippen LogP contribution in [0.25, 0.3) is 0 Å². The van der Waals surface area contributed by atoms with Gasteiger partial charge in [-0.15, -0.1) is 0 Å². The number of carbonyl (C=O) groups is 4. The number of hydrogen-bond acceptors (Lipinski definition) is 8. The van der Waals surface area contributed by atoms with Crippen LogP contribution >= 0.6 is 23.2 Å². The minimum Gasteiger partial charge on any atom is -0.484 e. The molecule has 232 valence electrons. The predicted molar refractivity (Wildman–Crippen MR) is 149 cm³/mol. The molecule has 3 aliphatic rings. The maximum absolute atomic E-state index is 13.7. The highest BCUT2D eigenvalue weighted by molar-refractivity contribution is 6.31. The van der Waals surface area contributed by atoms with Gasteiger partial charge < -0.3 is 35.7 Å². The summed E-state index contributed by atoms with van der Waals surface area (Å²) in [5.41, 5.74) is 3.63. The van der Waals surface area contributed by atoms with E-state index in [-0.39, 0.29) is 28.0 Å². The van der Waals surface area contributed by atoms with Crippen molar-refractivity contribution in [2.45, 2.75) is 61.7 Å². The molecule has 0 aromatic heterocycles. The minimum absolute atomic E-state index is 0.0813. The van der Waals surface area contributed by atoms with Crippen LogP contribution < -0.4 is 25.8 Å². The van der Waals surface area contributed by atoms with E-state index in [1.165, 1.54) is 24.3 Å². The summed E-state index contributed by atoms with van der Waals surface area (Å²) in [5, 5.41) is 14.7. The van der Waals surface area contributed by atoms with E-state index in [0.29, 0.717) is 25.7 Å². The predicted octanol–water partition coefficient (Wildman–Crippen LogP) is 3.13. The molecule has 2 bridgehead atoms. The van der Waals surface area contributed by atoms with Crippen LogP contribution in [0.2, 0.25) is 10.0 Å². The zero-order valence-corrected chi connectivity index (χ0v) is 24.2. The van der Waals surface area contributed by atoms with Gasteiger partial charge in [-0.1, -0.05) is 23.2 Å². The first-order valence-electron chi connectivity index (χ1n) is 13.3. The fourth-order valence-corrected chi connectivity index (χ4v) is 5.57. The van der Waals surface area contributed by atoms with E-state index in [2.05, 4.69) is 10.6 Å². The van der Waals surface area contributed by atoms with Crippen LogP contribution in [0.4, 0.5) is 8.78 Å². The van der Waals surface area contributed by atoms with Crippen LogP contribution in [0.5, 0.6) is 11.5 Å². The molecule has 3 saturated carbocycles. The molecule has 0 aliphatic heterocycles. The second kappa shape index (κ2) is 13.3. The molecule has 2 atom stereocenters. The third-order valence-corrected chi connectivity index (χ3v) is 8.20. The van der Waals surface area contributed by atoms with Gasteiger partial charge in [-0.05, 0) is 49.9 Å². The summed E-state index contributed by atoms with van der Waals surface area (Å²) in [6.07, 6.45) is -0.0625.